The van der Waals surface area contributed by atoms with E-state index in [1.807, 2.05) is 27.7 Å². The topological polar surface area (TPSA) is 50.4 Å². The largest absolute Gasteiger partial charge is 0.444 e. The van der Waals surface area contributed by atoms with Crippen LogP contribution in [0.3, 0.4) is 0 Å². The fourth-order valence-electron chi connectivity index (χ4n) is 2.69. The van der Waals surface area contributed by atoms with Crippen LogP contribution in [0.15, 0.2) is 0 Å². The predicted octanol–water partition coefficient (Wildman–Crippen LogP) is 3.85. The number of alkyl carbamates (subject to hydrolysis) is 1. The lowest BCUT2D eigenvalue weighted by Crippen LogP contribution is -2.41. The molecule has 0 radical (unpaired) electrons. The summed E-state index contributed by atoms with van der Waals surface area (Å²) in [7, 11) is 0. The minimum Gasteiger partial charge on any atom is -0.444 e. The van der Waals surface area contributed by atoms with Gasteiger partial charge in [-0.3, -0.25) is 0 Å². The molecular weight excluding hydrogens is 264 g/mol. The maximum absolute atomic E-state index is 11.7. The number of nitrogens with one attached hydrogen (secondary N) is 2. The van der Waals surface area contributed by atoms with Gasteiger partial charge in [0.2, 0.25) is 0 Å². The molecule has 1 amide bonds. The molecule has 21 heavy (non-hydrogen) atoms. The van der Waals surface area contributed by atoms with Crippen LogP contribution in [0.4, 0.5) is 4.79 Å². The van der Waals surface area contributed by atoms with Crippen LogP contribution in [0, 0.1) is 5.41 Å². The monoisotopic (exact) mass is 298 g/mol. The molecule has 1 rings (SSSR count). The summed E-state index contributed by atoms with van der Waals surface area (Å²) in [6, 6.07) is 0.777. The fourth-order valence-corrected chi connectivity index (χ4v) is 2.69. The van der Waals surface area contributed by atoms with E-state index in [2.05, 4.69) is 24.5 Å². The van der Waals surface area contributed by atoms with Crippen LogP contribution in [-0.4, -0.2) is 30.3 Å². The van der Waals surface area contributed by atoms with Gasteiger partial charge in [-0.25, -0.2) is 4.79 Å². The number of hydrogen-bond donors (Lipinski definition) is 2. The fraction of sp³-hybridized carbons (Fsp3) is 0.941. The Balaban J connectivity index is 2.14. The van der Waals surface area contributed by atoms with Gasteiger partial charge in [0.05, 0.1) is 0 Å². The normalized spacial score (nSPS) is 20.9. The summed E-state index contributed by atoms with van der Waals surface area (Å²) < 4.78 is 5.26. The predicted molar refractivity (Wildman–Crippen MR) is 87.5 cm³/mol. The molecule has 1 aliphatic carbocycles. The number of ether oxygens (including phenoxy) is 1. The molecule has 0 heterocycles. The Bertz CT molecular complexity index is 324. The Kier molecular flexibility index (Phi) is 6.51. The minimum absolute atomic E-state index is 0.132. The van der Waals surface area contributed by atoms with E-state index in [-0.39, 0.29) is 12.1 Å². The van der Waals surface area contributed by atoms with Crippen LogP contribution < -0.4 is 10.6 Å². The molecule has 4 nitrogen and oxygen atoms in total. The molecule has 0 aromatic rings. The highest BCUT2D eigenvalue weighted by molar-refractivity contribution is 5.67. The lowest BCUT2D eigenvalue weighted by Gasteiger charge is -2.35. The van der Waals surface area contributed by atoms with Crippen molar-refractivity contribution < 1.29 is 9.53 Å². The highest BCUT2D eigenvalue weighted by Crippen LogP contribution is 2.34. The Morgan fingerprint density at radius 1 is 1.29 bits per heavy atom. The van der Waals surface area contributed by atoms with E-state index in [9.17, 15) is 4.79 Å². The lowest BCUT2D eigenvalue weighted by molar-refractivity contribution is 0.0506. The Morgan fingerprint density at radius 3 is 2.38 bits per heavy atom. The summed E-state index contributed by atoms with van der Waals surface area (Å²) in [5, 5.41) is 6.51. The first-order chi connectivity index (χ1) is 9.57. The third-order valence-corrected chi connectivity index (χ3v) is 4.11. The van der Waals surface area contributed by atoms with Gasteiger partial charge in [0.15, 0.2) is 0 Å². The van der Waals surface area contributed by atoms with Gasteiger partial charge in [0, 0.05) is 12.1 Å². The van der Waals surface area contributed by atoms with Crippen molar-refractivity contribution in [3.63, 3.8) is 0 Å². The van der Waals surface area contributed by atoms with Crippen molar-refractivity contribution in [2.45, 2.75) is 91.3 Å². The second-order valence-electron chi connectivity index (χ2n) is 8.23. The van der Waals surface area contributed by atoms with Crippen molar-refractivity contribution in [3.8, 4) is 0 Å². The Labute approximate surface area is 130 Å². The molecular formula is C17H34N2O2. The first-order valence-electron chi connectivity index (χ1n) is 8.30. The van der Waals surface area contributed by atoms with Gasteiger partial charge in [-0.15, -0.1) is 0 Å². The van der Waals surface area contributed by atoms with Crippen molar-refractivity contribution >= 4 is 6.09 Å². The second-order valence-corrected chi connectivity index (χ2v) is 8.23. The number of hydrogen-bond acceptors (Lipinski definition) is 3. The third-order valence-electron chi connectivity index (χ3n) is 4.11. The van der Waals surface area contributed by atoms with E-state index in [0.717, 1.165) is 13.0 Å². The zero-order valence-corrected chi connectivity index (χ0v) is 14.7. The summed E-state index contributed by atoms with van der Waals surface area (Å²) in [5.41, 5.74) is 0.0840. The summed E-state index contributed by atoms with van der Waals surface area (Å²) in [6.07, 6.45) is 5.74. The van der Waals surface area contributed by atoms with Gasteiger partial charge in [0.25, 0.3) is 0 Å². The summed E-state index contributed by atoms with van der Waals surface area (Å²) >= 11 is 0. The Hall–Kier alpha value is -0.770. The maximum atomic E-state index is 11.7. The van der Waals surface area contributed by atoms with Gasteiger partial charge >= 0.3 is 6.09 Å². The quantitative estimate of drug-likeness (QED) is 0.810. The molecule has 1 unspecified atom stereocenters. The molecule has 0 bridgehead atoms. The zero-order chi connectivity index (χ0) is 16.1. The molecule has 0 aromatic heterocycles. The first-order valence-corrected chi connectivity index (χ1v) is 8.30. The standard InChI is InChI=1S/C17H34N2O2/c1-13(19-15(20)21-16(2,3)4)9-12-18-14-7-10-17(5,6)11-8-14/h13-14,18H,7-12H2,1-6H3,(H,19,20). The molecule has 2 N–H and O–H groups in total. The van der Waals surface area contributed by atoms with Gasteiger partial charge in [-0.1, -0.05) is 13.8 Å². The number of amides is 1. The SMILES string of the molecule is CC(CCNC1CCC(C)(C)CC1)NC(=O)OC(C)(C)C. The van der Waals surface area contributed by atoms with E-state index >= 15 is 0 Å². The van der Waals surface area contributed by atoms with E-state index < -0.39 is 5.60 Å². The molecule has 0 aromatic carbocycles. The van der Waals surface area contributed by atoms with Crippen molar-refractivity contribution in [1.29, 1.82) is 0 Å². The molecule has 4 heteroatoms. The van der Waals surface area contributed by atoms with Gasteiger partial charge in [0.1, 0.15) is 5.60 Å². The minimum atomic E-state index is -0.434. The zero-order valence-electron chi connectivity index (χ0n) is 14.7. The molecule has 1 atom stereocenters. The summed E-state index contributed by atoms with van der Waals surface area (Å²) in [4.78, 5) is 11.7. The molecule has 1 aliphatic rings. The molecule has 0 saturated heterocycles. The number of carbonyl (C=O) groups excluding carboxylic acids is 1. The van der Waals surface area contributed by atoms with E-state index in [1.165, 1.54) is 25.7 Å². The van der Waals surface area contributed by atoms with Gasteiger partial charge in [-0.05, 0) is 71.8 Å². The van der Waals surface area contributed by atoms with Gasteiger partial charge < -0.3 is 15.4 Å². The van der Waals surface area contributed by atoms with Crippen LogP contribution in [0.2, 0.25) is 0 Å². The first kappa shape index (κ1) is 18.3. The van der Waals surface area contributed by atoms with Gasteiger partial charge in [-0.2, -0.15) is 0 Å². The maximum Gasteiger partial charge on any atom is 0.407 e. The van der Waals surface area contributed by atoms with Crippen molar-refractivity contribution in [2.24, 2.45) is 5.41 Å². The van der Waals surface area contributed by atoms with E-state index in [1.54, 1.807) is 0 Å². The van der Waals surface area contributed by atoms with E-state index in [4.69, 9.17) is 4.74 Å². The molecule has 1 saturated carbocycles. The number of rotatable bonds is 5. The average Bonchev–Trinajstić information content (AvgIpc) is 2.28. The van der Waals surface area contributed by atoms with Crippen LogP contribution in [-0.2, 0) is 4.74 Å². The third kappa shape index (κ3) is 8.30. The lowest BCUT2D eigenvalue weighted by atomic mass is 9.75. The molecule has 0 spiro atoms. The Morgan fingerprint density at radius 2 is 1.86 bits per heavy atom. The number of carbonyl (C=O) groups is 1. The van der Waals surface area contributed by atoms with E-state index in [0.29, 0.717) is 11.5 Å². The van der Waals surface area contributed by atoms with Crippen molar-refractivity contribution in [2.75, 3.05) is 6.54 Å². The van der Waals surface area contributed by atoms with Crippen LogP contribution in [0.1, 0.15) is 73.6 Å². The highest BCUT2D eigenvalue weighted by Gasteiger charge is 2.26. The van der Waals surface area contributed by atoms with Crippen LogP contribution in [0.25, 0.3) is 0 Å². The molecule has 124 valence electrons. The molecule has 0 aliphatic heterocycles. The van der Waals surface area contributed by atoms with Crippen LogP contribution >= 0.6 is 0 Å². The average molecular weight is 298 g/mol. The van der Waals surface area contributed by atoms with Crippen molar-refractivity contribution in [3.05, 3.63) is 0 Å². The second kappa shape index (κ2) is 7.48. The van der Waals surface area contributed by atoms with Crippen molar-refractivity contribution in [1.82, 2.24) is 10.6 Å². The molecule has 1 fully saturated rings. The smallest absolute Gasteiger partial charge is 0.407 e. The summed E-state index contributed by atoms with van der Waals surface area (Å²) in [6.45, 7) is 13.3. The van der Waals surface area contributed by atoms with Crippen LogP contribution in [0.5, 0.6) is 0 Å². The highest BCUT2D eigenvalue weighted by atomic mass is 16.6. The summed E-state index contributed by atoms with van der Waals surface area (Å²) in [5.74, 6) is 0.